The number of nitrogens with zero attached hydrogens (tertiary/aromatic N) is 1. The van der Waals surface area contributed by atoms with Crippen molar-refractivity contribution in [1.29, 1.82) is 0 Å². The highest BCUT2D eigenvalue weighted by Gasteiger charge is 2.13. The molecule has 0 spiro atoms. The van der Waals surface area contributed by atoms with Gasteiger partial charge in [-0.1, -0.05) is 37.3 Å². The van der Waals surface area contributed by atoms with Crippen LogP contribution >= 0.6 is 0 Å². The monoisotopic (exact) mass is 240 g/mol. The van der Waals surface area contributed by atoms with Crippen molar-refractivity contribution in [2.75, 3.05) is 6.54 Å². The second-order valence-corrected chi connectivity index (χ2v) is 4.58. The van der Waals surface area contributed by atoms with Crippen LogP contribution in [0.2, 0.25) is 0 Å². The topological polar surface area (TPSA) is 24.9 Å². The second kappa shape index (κ2) is 5.78. The normalized spacial score (nSPS) is 12.4. The molecule has 0 bridgehead atoms. The van der Waals surface area contributed by atoms with Crippen molar-refractivity contribution in [3.63, 3.8) is 0 Å². The third kappa shape index (κ3) is 2.96. The number of hydrogen-bond donors (Lipinski definition) is 1. The fourth-order valence-electron chi connectivity index (χ4n) is 2.31. The summed E-state index contributed by atoms with van der Waals surface area (Å²) in [6.07, 6.45) is 0. The highest BCUT2D eigenvalue weighted by atomic mass is 14.9. The van der Waals surface area contributed by atoms with Gasteiger partial charge in [-0.05, 0) is 43.7 Å². The zero-order chi connectivity index (χ0) is 13.0. The van der Waals surface area contributed by atoms with Gasteiger partial charge in [0.25, 0.3) is 0 Å². The van der Waals surface area contributed by atoms with Crippen LogP contribution in [0.1, 0.15) is 35.5 Å². The summed E-state index contributed by atoms with van der Waals surface area (Å²) >= 11 is 0. The van der Waals surface area contributed by atoms with E-state index in [0.29, 0.717) is 0 Å². The summed E-state index contributed by atoms with van der Waals surface area (Å²) < 4.78 is 0. The van der Waals surface area contributed by atoms with E-state index in [0.717, 1.165) is 17.9 Å². The van der Waals surface area contributed by atoms with Crippen LogP contribution < -0.4 is 5.32 Å². The Morgan fingerprint density at radius 2 is 1.61 bits per heavy atom. The molecule has 1 atom stereocenters. The number of aryl methyl sites for hydroxylation is 2. The molecule has 1 aromatic heterocycles. The highest BCUT2D eigenvalue weighted by molar-refractivity contribution is 5.33. The Bertz CT molecular complexity index is 486. The Labute approximate surface area is 109 Å². The van der Waals surface area contributed by atoms with E-state index in [2.05, 4.69) is 59.7 Å². The molecule has 2 nitrogen and oxygen atoms in total. The number of pyridine rings is 1. The molecule has 0 aliphatic carbocycles. The molecule has 1 aromatic carbocycles. The van der Waals surface area contributed by atoms with Gasteiger partial charge in [-0.2, -0.15) is 0 Å². The minimum absolute atomic E-state index is 0.247. The lowest BCUT2D eigenvalue weighted by Gasteiger charge is -2.19. The van der Waals surface area contributed by atoms with Gasteiger partial charge in [0.15, 0.2) is 0 Å². The van der Waals surface area contributed by atoms with E-state index in [1.54, 1.807) is 0 Å². The smallest absolute Gasteiger partial charge is 0.0577 e. The first kappa shape index (κ1) is 12.8. The molecule has 1 N–H and O–H groups in total. The quantitative estimate of drug-likeness (QED) is 0.886. The van der Waals surface area contributed by atoms with E-state index in [1.165, 1.54) is 11.1 Å². The molecule has 94 valence electrons. The molecule has 0 fully saturated rings. The molecule has 1 heterocycles. The van der Waals surface area contributed by atoms with Crippen molar-refractivity contribution in [2.24, 2.45) is 0 Å². The van der Waals surface area contributed by atoms with Crippen LogP contribution in [-0.4, -0.2) is 11.5 Å². The summed E-state index contributed by atoms with van der Waals surface area (Å²) in [4.78, 5) is 4.44. The molecule has 1 unspecified atom stereocenters. The van der Waals surface area contributed by atoms with Crippen molar-refractivity contribution in [1.82, 2.24) is 10.3 Å². The minimum atomic E-state index is 0.247. The van der Waals surface area contributed by atoms with Gasteiger partial charge in [0.1, 0.15) is 0 Å². The molecule has 2 heteroatoms. The molecule has 18 heavy (non-hydrogen) atoms. The van der Waals surface area contributed by atoms with E-state index >= 15 is 0 Å². The SMILES string of the molecule is CCNC(c1ccccc1)c1cc(C)nc(C)c1. The standard InChI is InChI=1S/C16H20N2/c1-4-17-16(14-8-6-5-7-9-14)15-10-12(2)18-13(3)11-15/h5-11,16-17H,4H2,1-3H3. The van der Waals surface area contributed by atoms with Gasteiger partial charge in [0, 0.05) is 11.4 Å². The van der Waals surface area contributed by atoms with E-state index in [4.69, 9.17) is 0 Å². The summed E-state index contributed by atoms with van der Waals surface area (Å²) in [5, 5.41) is 3.54. The average molecular weight is 240 g/mol. The third-order valence-corrected chi connectivity index (χ3v) is 2.98. The van der Waals surface area contributed by atoms with E-state index in [1.807, 2.05) is 13.8 Å². The van der Waals surface area contributed by atoms with Gasteiger partial charge in [0.2, 0.25) is 0 Å². The fraction of sp³-hybridized carbons (Fsp3) is 0.312. The molecular formula is C16H20N2. The molecule has 0 amide bonds. The third-order valence-electron chi connectivity index (χ3n) is 2.98. The molecule has 0 saturated heterocycles. The van der Waals surface area contributed by atoms with Crippen molar-refractivity contribution in [3.8, 4) is 0 Å². The number of benzene rings is 1. The van der Waals surface area contributed by atoms with Gasteiger partial charge in [-0.15, -0.1) is 0 Å². The van der Waals surface area contributed by atoms with Crippen LogP contribution in [0.4, 0.5) is 0 Å². The van der Waals surface area contributed by atoms with Crippen molar-refractivity contribution in [3.05, 3.63) is 65.0 Å². The van der Waals surface area contributed by atoms with Gasteiger partial charge < -0.3 is 5.32 Å². The van der Waals surface area contributed by atoms with Crippen molar-refractivity contribution in [2.45, 2.75) is 26.8 Å². The number of aromatic nitrogens is 1. The lowest BCUT2D eigenvalue weighted by molar-refractivity contribution is 0.628. The zero-order valence-electron chi connectivity index (χ0n) is 11.3. The van der Waals surface area contributed by atoms with Gasteiger partial charge in [0.05, 0.1) is 6.04 Å². The molecule has 2 aromatic rings. The number of nitrogens with one attached hydrogen (secondary N) is 1. The summed E-state index contributed by atoms with van der Waals surface area (Å²) in [5.41, 5.74) is 4.73. The zero-order valence-corrected chi connectivity index (χ0v) is 11.3. The first-order chi connectivity index (χ1) is 8.70. The highest BCUT2D eigenvalue weighted by Crippen LogP contribution is 2.22. The Balaban J connectivity index is 2.41. The first-order valence-electron chi connectivity index (χ1n) is 6.44. The largest absolute Gasteiger partial charge is 0.307 e. The van der Waals surface area contributed by atoms with Crippen molar-refractivity contribution >= 4 is 0 Å². The summed E-state index contributed by atoms with van der Waals surface area (Å²) in [6.45, 7) is 7.17. The lowest BCUT2D eigenvalue weighted by atomic mass is 9.98. The number of rotatable bonds is 4. The maximum absolute atomic E-state index is 4.44. The Kier molecular flexibility index (Phi) is 4.11. The maximum Gasteiger partial charge on any atom is 0.0577 e. The predicted octanol–water partition coefficient (Wildman–Crippen LogP) is 3.40. The summed E-state index contributed by atoms with van der Waals surface area (Å²) in [6, 6.07) is 15.1. The summed E-state index contributed by atoms with van der Waals surface area (Å²) in [7, 11) is 0. The van der Waals surface area contributed by atoms with Crippen LogP contribution in [0.25, 0.3) is 0 Å². The average Bonchev–Trinajstić information content (AvgIpc) is 2.36. The van der Waals surface area contributed by atoms with E-state index in [-0.39, 0.29) is 6.04 Å². The molecule has 0 aliphatic rings. The van der Waals surface area contributed by atoms with E-state index < -0.39 is 0 Å². The van der Waals surface area contributed by atoms with Crippen LogP contribution in [-0.2, 0) is 0 Å². The van der Waals surface area contributed by atoms with Crippen LogP contribution in [0, 0.1) is 13.8 Å². The van der Waals surface area contributed by atoms with Gasteiger partial charge in [-0.3, -0.25) is 4.98 Å². The molecule has 2 rings (SSSR count). The molecule has 0 radical (unpaired) electrons. The fourth-order valence-corrected chi connectivity index (χ4v) is 2.31. The van der Waals surface area contributed by atoms with E-state index in [9.17, 15) is 0 Å². The Morgan fingerprint density at radius 3 is 2.17 bits per heavy atom. The van der Waals surface area contributed by atoms with Crippen LogP contribution in [0.15, 0.2) is 42.5 Å². The Hall–Kier alpha value is -1.67. The Morgan fingerprint density at radius 1 is 1.00 bits per heavy atom. The minimum Gasteiger partial charge on any atom is -0.307 e. The molecular weight excluding hydrogens is 220 g/mol. The number of hydrogen-bond acceptors (Lipinski definition) is 2. The lowest BCUT2D eigenvalue weighted by Crippen LogP contribution is -2.22. The molecule has 0 aliphatic heterocycles. The van der Waals surface area contributed by atoms with Crippen LogP contribution in [0.5, 0.6) is 0 Å². The van der Waals surface area contributed by atoms with Gasteiger partial charge >= 0.3 is 0 Å². The van der Waals surface area contributed by atoms with Crippen LogP contribution in [0.3, 0.4) is 0 Å². The summed E-state index contributed by atoms with van der Waals surface area (Å²) in [5.74, 6) is 0. The maximum atomic E-state index is 4.44. The van der Waals surface area contributed by atoms with Gasteiger partial charge in [-0.25, -0.2) is 0 Å². The molecule has 0 saturated carbocycles. The van der Waals surface area contributed by atoms with Crippen molar-refractivity contribution < 1.29 is 0 Å². The second-order valence-electron chi connectivity index (χ2n) is 4.58. The first-order valence-corrected chi connectivity index (χ1v) is 6.44. The predicted molar refractivity (Wildman–Crippen MR) is 75.7 cm³/mol.